The standard InChI is InChI=1S/C10H12BrN3S/c1-6-10(8-4-7(11)5-15-8)14-9(13-6)2-3-12/h4-5H,2-3,12H2,1H3,(H,13,14). The number of nitrogens with two attached hydrogens (primary N) is 1. The summed E-state index contributed by atoms with van der Waals surface area (Å²) in [4.78, 5) is 8.97. The van der Waals surface area contributed by atoms with Crippen LogP contribution in [0.25, 0.3) is 10.6 Å². The van der Waals surface area contributed by atoms with Crippen molar-refractivity contribution in [3.8, 4) is 10.6 Å². The number of rotatable bonds is 3. The first-order valence-corrected chi connectivity index (χ1v) is 6.38. The third-order valence-corrected chi connectivity index (χ3v) is 3.81. The van der Waals surface area contributed by atoms with Crippen molar-refractivity contribution >= 4 is 27.3 Å². The minimum atomic E-state index is 0.626. The van der Waals surface area contributed by atoms with Gasteiger partial charge in [0.25, 0.3) is 0 Å². The summed E-state index contributed by atoms with van der Waals surface area (Å²) in [5.74, 6) is 0.967. The normalized spacial score (nSPS) is 10.9. The van der Waals surface area contributed by atoms with Crippen LogP contribution < -0.4 is 5.73 Å². The highest BCUT2D eigenvalue weighted by Crippen LogP contribution is 2.30. The third-order valence-electron chi connectivity index (χ3n) is 2.12. The first-order valence-electron chi connectivity index (χ1n) is 4.70. The fraction of sp³-hybridized carbons (Fsp3) is 0.300. The molecule has 0 saturated heterocycles. The van der Waals surface area contributed by atoms with Crippen LogP contribution in [0.5, 0.6) is 0 Å². The smallest absolute Gasteiger partial charge is 0.108 e. The quantitative estimate of drug-likeness (QED) is 0.911. The van der Waals surface area contributed by atoms with E-state index in [0.717, 1.165) is 28.1 Å². The number of aromatic amines is 1. The summed E-state index contributed by atoms with van der Waals surface area (Å²) in [6, 6.07) is 2.08. The highest BCUT2D eigenvalue weighted by atomic mass is 79.9. The Hall–Kier alpha value is -0.650. The number of halogens is 1. The molecule has 2 aromatic rings. The monoisotopic (exact) mass is 285 g/mol. The van der Waals surface area contributed by atoms with Crippen LogP contribution in [0.1, 0.15) is 11.5 Å². The van der Waals surface area contributed by atoms with Crippen molar-refractivity contribution in [1.82, 2.24) is 9.97 Å². The Balaban J connectivity index is 2.35. The highest BCUT2D eigenvalue weighted by Gasteiger charge is 2.10. The minimum absolute atomic E-state index is 0.626. The number of aromatic nitrogens is 2. The summed E-state index contributed by atoms with van der Waals surface area (Å²) < 4.78 is 1.10. The summed E-state index contributed by atoms with van der Waals surface area (Å²) in [6.45, 7) is 2.66. The maximum Gasteiger partial charge on any atom is 0.108 e. The second-order valence-electron chi connectivity index (χ2n) is 3.32. The molecule has 0 aliphatic carbocycles. The zero-order valence-corrected chi connectivity index (χ0v) is 10.8. The van der Waals surface area contributed by atoms with E-state index in [-0.39, 0.29) is 0 Å². The fourth-order valence-corrected chi connectivity index (χ4v) is 2.93. The maximum atomic E-state index is 5.50. The fourth-order valence-electron chi connectivity index (χ4n) is 1.45. The van der Waals surface area contributed by atoms with E-state index in [1.807, 2.05) is 6.92 Å². The van der Waals surface area contributed by atoms with Crippen molar-refractivity contribution in [3.63, 3.8) is 0 Å². The average molecular weight is 286 g/mol. The molecule has 0 aliphatic rings. The molecule has 3 nitrogen and oxygen atoms in total. The van der Waals surface area contributed by atoms with Gasteiger partial charge >= 0.3 is 0 Å². The van der Waals surface area contributed by atoms with Gasteiger partial charge in [-0.15, -0.1) is 11.3 Å². The van der Waals surface area contributed by atoms with Crippen LogP contribution in [0.3, 0.4) is 0 Å². The summed E-state index contributed by atoms with van der Waals surface area (Å²) >= 11 is 5.13. The molecule has 0 spiro atoms. The van der Waals surface area contributed by atoms with E-state index in [2.05, 4.69) is 37.3 Å². The molecule has 15 heavy (non-hydrogen) atoms. The summed E-state index contributed by atoms with van der Waals surface area (Å²) in [6.07, 6.45) is 0.799. The van der Waals surface area contributed by atoms with E-state index in [1.165, 1.54) is 4.88 Å². The van der Waals surface area contributed by atoms with Gasteiger partial charge in [0.2, 0.25) is 0 Å². The van der Waals surface area contributed by atoms with Crippen molar-refractivity contribution < 1.29 is 0 Å². The van der Waals surface area contributed by atoms with Gasteiger partial charge in [0, 0.05) is 22.0 Å². The van der Waals surface area contributed by atoms with Crippen LogP contribution in [-0.4, -0.2) is 16.5 Å². The molecule has 5 heteroatoms. The topological polar surface area (TPSA) is 54.7 Å². The second kappa shape index (κ2) is 4.47. The summed E-state index contributed by atoms with van der Waals surface area (Å²) in [5.41, 5.74) is 7.64. The lowest BCUT2D eigenvalue weighted by molar-refractivity contribution is 0.891. The second-order valence-corrected chi connectivity index (χ2v) is 5.15. The number of H-pyrrole nitrogens is 1. The van der Waals surface area contributed by atoms with Crippen LogP contribution in [0, 0.1) is 6.92 Å². The molecule has 0 fully saturated rings. The van der Waals surface area contributed by atoms with Crippen LogP contribution >= 0.6 is 27.3 Å². The number of nitrogens with one attached hydrogen (secondary N) is 1. The number of thiophene rings is 1. The zero-order valence-electron chi connectivity index (χ0n) is 8.38. The Morgan fingerprint density at radius 1 is 1.60 bits per heavy atom. The van der Waals surface area contributed by atoms with Crippen molar-refractivity contribution in [2.24, 2.45) is 5.73 Å². The van der Waals surface area contributed by atoms with Crippen LogP contribution in [0.2, 0.25) is 0 Å². The minimum Gasteiger partial charge on any atom is -0.346 e. The van der Waals surface area contributed by atoms with Gasteiger partial charge in [-0.1, -0.05) is 0 Å². The van der Waals surface area contributed by atoms with Gasteiger partial charge in [-0.25, -0.2) is 4.98 Å². The van der Waals surface area contributed by atoms with Crippen LogP contribution in [0.15, 0.2) is 15.9 Å². The number of imidazole rings is 1. The molecule has 0 bridgehead atoms. The molecular weight excluding hydrogens is 274 g/mol. The molecule has 0 radical (unpaired) electrons. The largest absolute Gasteiger partial charge is 0.346 e. The average Bonchev–Trinajstić information content (AvgIpc) is 2.73. The molecule has 0 atom stereocenters. The predicted molar refractivity (Wildman–Crippen MR) is 67.1 cm³/mol. The molecule has 0 saturated carbocycles. The van der Waals surface area contributed by atoms with Gasteiger partial charge in [0.1, 0.15) is 11.5 Å². The lowest BCUT2D eigenvalue weighted by Gasteiger charge is -1.90. The summed E-state index contributed by atoms with van der Waals surface area (Å²) in [7, 11) is 0. The highest BCUT2D eigenvalue weighted by molar-refractivity contribution is 9.10. The molecule has 3 N–H and O–H groups in total. The van der Waals surface area contributed by atoms with Crippen molar-refractivity contribution in [3.05, 3.63) is 27.4 Å². The third kappa shape index (κ3) is 2.30. The maximum absolute atomic E-state index is 5.50. The molecule has 0 aliphatic heterocycles. The van der Waals surface area contributed by atoms with Crippen LogP contribution in [-0.2, 0) is 6.42 Å². The van der Waals surface area contributed by atoms with E-state index in [0.29, 0.717) is 6.54 Å². The first-order chi connectivity index (χ1) is 7.20. The zero-order chi connectivity index (χ0) is 10.8. The SMILES string of the molecule is Cc1[nH]c(CCN)nc1-c1cc(Br)cs1. The number of nitrogens with zero attached hydrogens (tertiary/aromatic N) is 1. The van der Waals surface area contributed by atoms with Crippen molar-refractivity contribution in [2.75, 3.05) is 6.54 Å². The first kappa shape index (κ1) is 10.9. The van der Waals surface area contributed by atoms with E-state index in [4.69, 9.17) is 5.73 Å². The van der Waals surface area contributed by atoms with Crippen molar-refractivity contribution in [1.29, 1.82) is 0 Å². The Bertz CT molecular complexity index is 461. The Morgan fingerprint density at radius 3 is 3.00 bits per heavy atom. The van der Waals surface area contributed by atoms with Crippen LogP contribution in [0.4, 0.5) is 0 Å². The van der Waals surface area contributed by atoms with Gasteiger partial charge in [-0.2, -0.15) is 0 Å². The van der Waals surface area contributed by atoms with E-state index in [9.17, 15) is 0 Å². The van der Waals surface area contributed by atoms with E-state index in [1.54, 1.807) is 11.3 Å². The predicted octanol–water partition coefficient (Wildman–Crippen LogP) is 2.71. The lowest BCUT2D eigenvalue weighted by Crippen LogP contribution is -2.03. The van der Waals surface area contributed by atoms with E-state index < -0.39 is 0 Å². The summed E-state index contributed by atoms with van der Waals surface area (Å²) in [5, 5.41) is 2.06. The number of hydrogen-bond donors (Lipinski definition) is 2. The molecule has 2 rings (SSSR count). The van der Waals surface area contributed by atoms with Gasteiger partial charge in [0.05, 0.1) is 4.88 Å². The molecule has 0 unspecified atom stereocenters. The lowest BCUT2D eigenvalue weighted by atomic mass is 10.3. The molecule has 0 amide bonds. The number of hydrogen-bond acceptors (Lipinski definition) is 3. The van der Waals surface area contributed by atoms with Gasteiger partial charge in [-0.3, -0.25) is 0 Å². The van der Waals surface area contributed by atoms with Crippen molar-refractivity contribution in [2.45, 2.75) is 13.3 Å². The molecule has 0 aromatic carbocycles. The molecule has 2 aromatic heterocycles. The van der Waals surface area contributed by atoms with Gasteiger partial charge < -0.3 is 10.7 Å². The Kier molecular flexibility index (Phi) is 3.23. The van der Waals surface area contributed by atoms with E-state index >= 15 is 0 Å². The molecular formula is C10H12BrN3S. The Labute approximate surface area is 101 Å². The number of aryl methyl sites for hydroxylation is 1. The van der Waals surface area contributed by atoms with Gasteiger partial charge in [0.15, 0.2) is 0 Å². The molecule has 80 valence electrons. The Morgan fingerprint density at radius 2 is 2.40 bits per heavy atom. The van der Waals surface area contributed by atoms with Gasteiger partial charge in [-0.05, 0) is 35.5 Å². The molecule has 2 heterocycles.